The highest BCUT2D eigenvalue weighted by atomic mass is 35.5. The summed E-state index contributed by atoms with van der Waals surface area (Å²) in [5, 5.41) is 17.7. The highest BCUT2D eigenvalue weighted by molar-refractivity contribution is 6.32. The first kappa shape index (κ1) is 23.8. The lowest BCUT2D eigenvalue weighted by atomic mass is 10.3. The third-order valence-corrected chi connectivity index (χ3v) is 4.94. The molecule has 0 aromatic carbocycles. The number of ether oxygens (including phenoxy) is 2. The van der Waals surface area contributed by atoms with Gasteiger partial charge in [-0.05, 0) is 31.2 Å². The molecule has 1 amide bonds. The van der Waals surface area contributed by atoms with E-state index in [2.05, 4.69) is 30.4 Å². The summed E-state index contributed by atoms with van der Waals surface area (Å²) in [6.07, 6.45) is 3.91. The van der Waals surface area contributed by atoms with Gasteiger partial charge < -0.3 is 19.9 Å². The molecule has 2 atom stereocenters. The smallest absolute Gasteiger partial charge is 0.269 e. The Labute approximate surface area is 203 Å². The van der Waals surface area contributed by atoms with Gasteiger partial charge in [-0.15, -0.1) is 0 Å². The van der Waals surface area contributed by atoms with E-state index in [9.17, 15) is 9.90 Å². The number of nitrogens with zero attached hydrogens (tertiary/aromatic N) is 6. The summed E-state index contributed by atoms with van der Waals surface area (Å²) in [7, 11) is 0. The number of hydrogen-bond acceptors (Lipinski definition) is 9. The Balaban J connectivity index is 1.61. The number of halogens is 2. The van der Waals surface area contributed by atoms with Crippen LogP contribution < -0.4 is 10.1 Å². The van der Waals surface area contributed by atoms with Gasteiger partial charge in [0.1, 0.15) is 17.5 Å². The lowest BCUT2D eigenvalue weighted by molar-refractivity contribution is -0.126. The van der Waals surface area contributed by atoms with E-state index in [1.54, 1.807) is 37.4 Å². The molecule has 13 heteroatoms. The number of carbonyl (C=O) groups excluding carboxylic acids is 1. The Kier molecular flexibility index (Phi) is 7.48. The molecule has 11 nitrogen and oxygen atoms in total. The molecule has 0 saturated heterocycles. The number of fused-ring (bicyclic) bond motifs is 1. The fraction of sp³-hybridized carbons (Fsp3) is 0.238. The predicted octanol–water partition coefficient (Wildman–Crippen LogP) is 2.70. The van der Waals surface area contributed by atoms with Crippen LogP contribution >= 0.6 is 23.2 Å². The average Bonchev–Trinajstić information content (AvgIpc) is 3.25. The van der Waals surface area contributed by atoms with Crippen LogP contribution in [0.1, 0.15) is 6.92 Å². The molecular formula is C21H19Cl2N7O4. The van der Waals surface area contributed by atoms with Gasteiger partial charge in [0.05, 0.1) is 35.6 Å². The zero-order chi connectivity index (χ0) is 24.1. The molecular weight excluding hydrogens is 485 g/mol. The van der Waals surface area contributed by atoms with Crippen LogP contribution in [0.25, 0.3) is 16.9 Å². The third-order valence-electron chi connectivity index (χ3n) is 4.42. The van der Waals surface area contributed by atoms with Crippen molar-refractivity contribution in [3.05, 3.63) is 59.2 Å². The summed E-state index contributed by atoms with van der Waals surface area (Å²) in [5.74, 6) is 0.233. The second-order valence-corrected chi connectivity index (χ2v) is 7.97. The van der Waals surface area contributed by atoms with Crippen LogP contribution in [0, 0.1) is 0 Å². The fourth-order valence-electron chi connectivity index (χ4n) is 2.90. The van der Waals surface area contributed by atoms with Crippen molar-refractivity contribution in [2.45, 2.75) is 19.1 Å². The van der Waals surface area contributed by atoms with Crippen molar-refractivity contribution in [1.29, 1.82) is 0 Å². The van der Waals surface area contributed by atoms with Gasteiger partial charge in [0.25, 0.3) is 5.91 Å². The standard InChI is InChI=1S/C21H19Cl2N7O4/c1-12(31)9-33-10-16(20(32)29-17-5-4-13(22)7-25-17)34-21-14-8-28-30(18(14)26-11-27-21)19-15(23)3-2-6-24-19/h2-8,11-12,16,31H,9-10H2,1H3,(H,25,29,32)/t12-,16-/m1/s1. The summed E-state index contributed by atoms with van der Waals surface area (Å²) in [6, 6.07) is 6.53. The maximum Gasteiger partial charge on any atom is 0.269 e. The van der Waals surface area contributed by atoms with E-state index < -0.39 is 18.1 Å². The molecule has 0 saturated carbocycles. The number of pyridine rings is 2. The van der Waals surface area contributed by atoms with E-state index in [4.69, 9.17) is 32.7 Å². The van der Waals surface area contributed by atoms with Gasteiger partial charge in [0.2, 0.25) is 12.0 Å². The molecule has 4 aromatic heterocycles. The van der Waals surface area contributed by atoms with Crippen molar-refractivity contribution < 1.29 is 19.4 Å². The Bertz CT molecular complexity index is 1280. The molecule has 0 radical (unpaired) electrons. The van der Waals surface area contributed by atoms with Crippen LogP contribution in [0.3, 0.4) is 0 Å². The average molecular weight is 504 g/mol. The number of carbonyl (C=O) groups is 1. The van der Waals surface area contributed by atoms with Crippen LogP contribution in [-0.2, 0) is 9.53 Å². The minimum Gasteiger partial charge on any atom is -0.461 e. The topological polar surface area (TPSA) is 137 Å². The lowest BCUT2D eigenvalue weighted by Gasteiger charge is -2.19. The van der Waals surface area contributed by atoms with Crippen molar-refractivity contribution in [3.63, 3.8) is 0 Å². The quantitative estimate of drug-likeness (QED) is 0.352. The highest BCUT2D eigenvalue weighted by Crippen LogP contribution is 2.26. The number of aromatic nitrogens is 6. The molecule has 0 spiro atoms. The van der Waals surface area contributed by atoms with Gasteiger partial charge in [-0.2, -0.15) is 9.78 Å². The summed E-state index contributed by atoms with van der Waals surface area (Å²) in [6.45, 7) is 1.43. The van der Waals surface area contributed by atoms with Crippen LogP contribution in [0.2, 0.25) is 10.0 Å². The van der Waals surface area contributed by atoms with Crippen LogP contribution in [0.5, 0.6) is 5.88 Å². The molecule has 176 valence electrons. The molecule has 2 N–H and O–H groups in total. The lowest BCUT2D eigenvalue weighted by Crippen LogP contribution is -2.38. The van der Waals surface area contributed by atoms with Gasteiger partial charge in [-0.1, -0.05) is 23.2 Å². The maximum atomic E-state index is 12.9. The zero-order valence-electron chi connectivity index (χ0n) is 17.8. The molecule has 34 heavy (non-hydrogen) atoms. The summed E-state index contributed by atoms with van der Waals surface area (Å²) < 4.78 is 12.8. The van der Waals surface area contributed by atoms with E-state index in [1.165, 1.54) is 23.4 Å². The molecule has 0 aliphatic carbocycles. The highest BCUT2D eigenvalue weighted by Gasteiger charge is 2.25. The second kappa shape index (κ2) is 10.7. The first-order valence-corrected chi connectivity index (χ1v) is 10.8. The Morgan fingerprint density at radius 2 is 2.00 bits per heavy atom. The van der Waals surface area contributed by atoms with E-state index >= 15 is 0 Å². The molecule has 0 bridgehead atoms. The molecule has 4 heterocycles. The SMILES string of the molecule is C[C@@H](O)COC[C@@H](Oc1ncnc2c1cnn2-c1ncccc1Cl)C(=O)Nc1ccc(Cl)cn1. The van der Waals surface area contributed by atoms with Gasteiger partial charge in [-0.3, -0.25) is 4.79 Å². The monoisotopic (exact) mass is 503 g/mol. The zero-order valence-corrected chi connectivity index (χ0v) is 19.3. The van der Waals surface area contributed by atoms with Crippen molar-refractivity contribution >= 4 is 46.0 Å². The number of hydrogen-bond donors (Lipinski definition) is 2. The van der Waals surface area contributed by atoms with Crippen LogP contribution in [0.15, 0.2) is 49.2 Å². The summed E-state index contributed by atoms with van der Waals surface area (Å²) >= 11 is 12.1. The number of aliphatic hydroxyl groups is 1. The van der Waals surface area contributed by atoms with Crippen LogP contribution in [0.4, 0.5) is 5.82 Å². The maximum absolute atomic E-state index is 12.9. The third kappa shape index (κ3) is 5.57. The van der Waals surface area contributed by atoms with Crippen molar-refractivity contribution in [1.82, 2.24) is 29.7 Å². The molecule has 0 fully saturated rings. The van der Waals surface area contributed by atoms with Crippen molar-refractivity contribution in [2.24, 2.45) is 0 Å². The van der Waals surface area contributed by atoms with Gasteiger partial charge in [-0.25, -0.2) is 19.9 Å². The summed E-state index contributed by atoms with van der Waals surface area (Å²) in [5.41, 5.74) is 0.383. The van der Waals surface area contributed by atoms with E-state index in [1.807, 2.05) is 0 Å². The van der Waals surface area contributed by atoms with Crippen molar-refractivity contribution in [2.75, 3.05) is 18.5 Å². The van der Waals surface area contributed by atoms with Gasteiger partial charge in [0, 0.05) is 12.4 Å². The number of rotatable bonds is 9. The predicted molar refractivity (Wildman–Crippen MR) is 124 cm³/mol. The van der Waals surface area contributed by atoms with Gasteiger partial charge in [0.15, 0.2) is 11.5 Å². The Morgan fingerprint density at radius 3 is 2.74 bits per heavy atom. The van der Waals surface area contributed by atoms with Crippen molar-refractivity contribution in [3.8, 4) is 11.7 Å². The van der Waals surface area contributed by atoms with E-state index in [-0.39, 0.29) is 24.9 Å². The number of amides is 1. The normalized spacial score (nSPS) is 12.9. The van der Waals surface area contributed by atoms with E-state index in [0.717, 1.165) is 0 Å². The Morgan fingerprint density at radius 1 is 1.15 bits per heavy atom. The van der Waals surface area contributed by atoms with E-state index in [0.29, 0.717) is 26.9 Å². The minimum absolute atomic E-state index is 0.0155. The number of anilines is 1. The molecule has 0 unspecified atom stereocenters. The second-order valence-electron chi connectivity index (χ2n) is 7.13. The molecule has 4 rings (SSSR count). The first-order valence-electron chi connectivity index (χ1n) is 10.1. The number of nitrogens with one attached hydrogen (secondary N) is 1. The van der Waals surface area contributed by atoms with Gasteiger partial charge >= 0.3 is 0 Å². The largest absolute Gasteiger partial charge is 0.461 e. The molecule has 0 aliphatic rings. The first-order chi connectivity index (χ1) is 16.4. The fourth-order valence-corrected chi connectivity index (χ4v) is 3.22. The molecule has 4 aromatic rings. The Hall–Kier alpha value is -3.38. The minimum atomic E-state index is -1.13. The molecule has 0 aliphatic heterocycles. The number of aliphatic hydroxyl groups excluding tert-OH is 1. The van der Waals surface area contributed by atoms with Crippen LogP contribution in [-0.4, -0.2) is 66.2 Å². The summed E-state index contributed by atoms with van der Waals surface area (Å²) in [4.78, 5) is 29.7.